The quantitative estimate of drug-likeness (QED) is 0.238. The van der Waals surface area contributed by atoms with Gasteiger partial charge in [-0.2, -0.15) is 0 Å². The first-order valence-electron chi connectivity index (χ1n) is 9.88. The first kappa shape index (κ1) is 19.3. The van der Waals surface area contributed by atoms with Gasteiger partial charge < -0.3 is 0 Å². The summed E-state index contributed by atoms with van der Waals surface area (Å²) in [7, 11) is 0. The zero-order chi connectivity index (χ0) is 16.2. The summed E-state index contributed by atoms with van der Waals surface area (Å²) in [5.74, 6) is 8.52. The van der Waals surface area contributed by atoms with Gasteiger partial charge >= 0.3 is 0 Å². The van der Waals surface area contributed by atoms with Gasteiger partial charge in [0, 0.05) is 12.8 Å². The van der Waals surface area contributed by atoms with E-state index in [0.29, 0.717) is 0 Å². The lowest BCUT2D eigenvalue weighted by atomic mass is 9.73. The summed E-state index contributed by atoms with van der Waals surface area (Å²) < 4.78 is 0. The predicted octanol–water partition coefficient (Wildman–Crippen LogP) is 7.29. The molecule has 0 bridgehead atoms. The van der Waals surface area contributed by atoms with Crippen LogP contribution in [-0.2, 0) is 0 Å². The van der Waals surface area contributed by atoms with E-state index in [4.69, 9.17) is 0 Å². The SMILES string of the molecule is CCCCC#CC[C@@H]1CC(CCCC)=C(CCCC)C[C@@H]1C. The predicted molar refractivity (Wildman–Crippen MR) is 99.9 cm³/mol. The molecule has 0 saturated carbocycles. The van der Waals surface area contributed by atoms with E-state index >= 15 is 0 Å². The third kappa shape index (κ3) is 7.04. The molecule has 0 heteroatoms. The second-order valence-electron chi connectivity index (χ2n) is 7.22. The first-order chi connectivity index (χ1) is 10.7. The molecule has 2 atom stereocenters. The molecule has 1 aliphatic rings. The van der Waals surface area contributed by atoms with Gasteiger partial charge in [0.15, 0.2) is 0 Å². The van der Waals surface area contributed by atoms with Crippen molar-refractivity contribution >= 4 is 0 Å². The van der Waals surface area contributed by atoms with Crippen LogP contribution in [0, 0.1) is 23.7 Å². The van der Waals surface area contributed by atoms with Crippen LogP contribution >= 0.6 is 0 Å². The molecule has 0 heterocycles. The van der Waals surface area contributed by atoms with Crippen LogP contribution in [0.25, 0.3) is 0 Å². The highest BCUT2D eigenvalue weighted by Crippen LogP contribution is 2.39. The zero-order valence-corrected chi connectivity index (χ0v) is 15.6. The van der Waals surface area contributed by atoms with Crippen molar-refractivity contribution in [3.05, 3.63) is 11.1 Å². The normalized spacial score (nSPS) is 21.6. The molecule has 22 heavy (non-hydrogen) atoms. The third-order valence-electron chi connectivity index (χ3n) is 5.19. The molecule has 0 fully saturated rings. The van der Waals surface area contributed by atoms with Crippen molar-refractivity contribution < 1.29 is 0 Å². The van der Waals surface area contributed by atoms with Gasteiger partial charge in [0.1, 0.15) is 0 Å². The van der Waals surface area contributed by atoms with Crippen molar-refractivity contribution in [2.45, 2.75) is 105 Å². The van der Waals surface area contributed by atoms with Crippen LogP contribution < -0.4 is 0 Å². The number of hydrogen-bond acceptors (Lipinski definition) is 0. The lowest BCUT2D eigenvalue weighted by Crippen LogP contribution is -2.19. The summed E-state index contributed by atoms with van der Waals surface area (Å²) in [5, 5.41) is 0. The maximum absolute atomic E-state index is 3.48. The molecule has 0 aromatic rings. The first-order valence-corrected chi connectivity index (χ1v) is 9.88. The lowest BCUT2D eigenvalue weighted by Gasteiger charge is -2.32. The van der Waals surface area contributed by atoms with Gasteiger partial charge in [0.05, 0.1) is 0 Å². The molecule has 126 valence electrons. The van der Waals surface area contributed by atoms with Crippen LogP contribution in [0.15, 0.2) is 11.1 Å². The Hall–Kier alpha value is -0.700. The van der Waals surface area contributed by atoms with E-state index in [1.54, 1.807) is 0 Å². The molecule has 0 aromatic heterocycles. The molecule has 0 aliphatic heterocycles. The van der Waals surface area contributed by atoms with Crippen molar-refractivity contribution in [3.8, 4) is 11.8 Å². The van der Waals surface area contributed by atoms with Gasteiger partial charge in [-0.25, -0.2) is 0 Å². The minimum atomic E-state index is 0.811. The van der Waals surface area contributed by atoms with Crippen LogP contribution in [0.3, 0.4) is 0 Å². The number of rotatable bonds is 9. The average Bonchev–Trinajstić information content (AvgIpc) is 2.52. The number of allylic oxidation sites excluding steroid dienone is 2. The summed E-state index contributed by atoms with van der Waals surface area (Å²) in [5.41, 5.74) is 3.63. The summed E-state index contributed by atoms with van der Waals surface area (Å²) in [4.78, 5) is 0. The van der Waals surface area contributed by atoms with Gasteiger partial charge in [0.25, 0.3) is 0 Å². The minimum Gasteiger partial charge on any atom is -0.103 e. The van der Waals surface area contributed by atoms with Crippen LogP contribution in [0.2, 0.25) is 0 Å². The van der Waals surface area contributed by atoms with E-state index in [9.17, 15) is 0 Å². The molecule has 1 rings (SSSR count). The highest BCUT2D eigenvalue weighted by atomic mass is 14.3. The maximum Gasteiger partial charge on any atom is 0.0123 e. The fraction of sp³-hybridized carbons (Fsp3) is 0.818. The Labute approximate surface area is 140 Å². The van der Waals surface area contributed by atoms with Gasteiger partial charge in [-0.05, 0) is 56.8 Å². The van der Waals surface area contributed by atoms with Gasteiger partial charge in [-0.15, -0.1) is 11.8 Å². The third-order valence-corrected chi connectivity index (χ3v) is 5.19. The Morgan fingerprint density at radius 2 is 1.41 bits per heavy atom. The van der Waals surface area contributed by atoms with Crippen molar-refractivity contribution in [1.82, 2.24) is 0 Å². The summed E-state index contributed by atoms with van der Waals surface area (Å²) in [6.07, 6.45) is 15.5. The van der Waals surface area contributed by atoms with E-state index in [1.807, 2.05) is 11.1 Å². The average molecular weight is 303 g/mol. The molecule has 0 spiro atoms. The second kappa shape index (κ2) is 11.8. The van der Waals surface area contributed by atoms with E-state index < -0.39 is 0 Å². The Morgan fingerprint density at radius 1 is 0.818 bits per heavy atom. The summed E-state index contributed by atoms with van der Waals surface area (Å²) >= 11 is 0. The summed E-state index contributed by atoms with van der Waals surface area (Å²) in [6.45, 7) is 9.33. The summed E-state index contributed by atoms with van der Waals surface area (Å²) in [6, 6.07) is 0. The molecule has 0 saturated heterocycles. The molecule has 0 nitrogen and oxygen atoms in total. The molecule has 0 unspecified atom stereocenters. The fourth-order valence-corrected chi connectivity index (χ4v) is 3.53. The Bertz CT molecular complexity index is 377. The zero-order valence-electron chi connectivity index (χ0n) is 15.6. The van der Waals surface area contributed by atoms with E-state index in [-0.39, 0.29) is 0 Å². The number of hydrogen-bond donors (Lipinski definition) is 0. The van der Waals surface area contributed by atoms with Crippen molar-refractivity contribution in [3.63, 3.8) is 0 Å². The molecule has 1 aliphatic carbocycles. The molecule has 0 amide bonds. The smallest absolute Gasteiger partial charge is 0.0123 e. The van der Waals surface area contributed by atoms with Crippen molar-refractivity contribution in [1.29, 1.82) is 0 Å². The van der Waals surface area contributed by atoms with Crippen LogP contribution in [0.4, 0.5) is 0 Å². The largest absolute Gasteiger partial charge is 0.103 e. The lowest BCUT2D eigenvalue weighted by molar-refractivity contribution is 0.327. The Balaban J connectivity index is 2.62. The molecular formula is C22H38. The van der Waals surface area contributed by atoms with Crippen molar-refractivity contribution in [2.75, 3.05) is 0 Å². The van der Waals surface area contributed by atoms with Crippen molar-refractivity contribution in [2.24, 2.45) is 11.8 Å². The van der Waals surface area contributed by atoms with Crippen LogP contribution in [-0.4, -0.2) is 0 Å². The van der Waals surface area contributed by atoms with Gasteiger partial charge in [-0.1, -0.05) is 58.1 Å². The van der Waals surface area contributed by atoms with E-state index in [0.717, 1.165) is 24.7 Å². The number of unbranched alkanes of at least 4 members (excludes halogenated alkanes) is 4. The second-order valence-corrected chi connectivity index (χ2v) is 7.22. The van der Waals surface area contributed by atoms with Crippen LogP contribution in [0.1, 0.15) is 105 Å². The fourth-order valence-electron chi connectivity index (χ4n) is 3.53. The topological polar surface area (TPSA) is 0 Å². The van der Waals surface area contributed by atoms with Gasteiger partial charge in [0.2, 0.25) is 0 Å². The Kier molecular flexibility index (Phi) is 10.4. The molecular weight excluding hydrogens is 264 g/mol. The minimum absolute atomic E-state index is 0.811. The molecule has 0 N–H and O–H groups in total. The van der Waals surface area contributed by atoms with Crippen LogP contribution in [0.5, 0.6) is 0 Å². The van der Waals surface area contributed by atoms with Gasteiger partial charge in [-0.3, -0.25) is 0 Å². The highest BCUT2D eigenvalue weighted by molar-refractivity contribution is 5.20. The molecule has 0 aromatic carbocycles. The Morgan fingerprint density at radius 3 is 2.00 bits per heavy atom. The monoisotopic (exact) mass is 302 g/mol. The maximum atomic E-state index is 3.48. The van der Waals surface area contributed by atoms with E-state index in [1.165, 1.54) is 64.2 Å². The standard InChI is InChI=1S/C22H38/c1-5-8-11-12-13-16-20-18-22(15-10-7-3)21(14-9-6-2)17-19(20)4/h19-20H,5-11,14-18H2,1-4H3/t19-,20+/m0/s1. The highest BCUT2D eigenvalue weighted by Gasteiger charge is 2.25. The van der Waals surface area contributed by atoms with E-state index in [2.05, 4.69) is 39.5 Å². The molecule has 0 radical (unpaired) electrons.